The summed E-state index contributed by atoms with van der Waals surface area (Å²) in [7, 11) is 0. The van der Waals surface area contributed by atoms with Gasteiger partial charge >= 0.3 is 0 Å². The van der Waals surface area contributed by atoms with Crippen molar-refractivity contribution in [2.45, 2.75) is 117 Å². The Labute approximate surface area is 254 Å². The molecule has 2 aliphatic rings. The molecule has 7 nitrogen and oxygen atoms in total. The second kappa shape index (κ2) is 16.5. The minimum absolute atomic E-state index is 0.0436. The Morgan fingerprint density at radius 2 is 2.02 bits per heavy atom. The SMILES string of the molecule is CCC(C)C1C(O)C1CCCC=C(C=CCCN1C(=C(C)C)C1(C)CCOC(C)(C)CCNC(=O)C(=N)CC=N)CF. The molecular formula is C34H57FN4O3. The van der Waals surface area contributed by atoms with Crippen LogP contribution >= 0.6 is 0 Å². The summed E-state index contributed by atoms with van der Waals surface area (Å²) >= 11 is 0. The van der Waals surface area contributed by atoms with Crippen molar-refractivity contribution in [1.82, 2.24) is 10.2 Å². The number of unbranched alkanes of at least 4 members (excludes halogenated alkanes) is 1. The molecule has 42 heavy (non-hydrogen) atoms. The van der Waals surface area contributed by atoms with E-state index in [1.54, 1.807) is 0 Å². The molecule has 0 radical (unpaired) electrons. The number of ether oxygens (including phenoxy) is 1. The molecule has 2 rings (SSSR count). The maximum absolute atomic E-state index is 13.6. The number of halogens is 1. The van der Waals surface area contributed by atoms with Gasteiger partial charge in [0.1, 0.15) is 12.4 Å². The van der Waals surface area contributed by atoms with Crippen molar-refractivity contribution in [2.24, 2.45) is 17.8 Å². The Balaban J connectivity index is 1.74. The first-order valence-corrected chi connectivity index (χ1v) is 15.9. The molecule has 1 saturated heterocycles. The molecule has 4 N–H and O–H groups in total. The van der Waals surface area contributed by atoms with Gasteiger partial charge in [-0.2, -0.15) is 0 Å². The molecule has 0 aromatic carbocycles. The van der Waals surface area contributed by atoms with Gasteiger partial charge in [-0.3, -0.25) is 10.2 Å². The van der Waals surface area contributed by atoms with Crippen LogP contribution in [0.4, 0.5) is 4.39 Å². The van der Waals surface area contributed by atoms with Crippen LogP contribution in [-0.4, -0.2) is 71.5 Å². The van der Waals surface area contributed by atoms with Gasteiger partial charge < -0.3 is 25.5 Å². The number of nitrogens with zero attached hydrogens (tertiary/aromatic N) is 1. The summed E-state index contributed by atoms with van der Waals surface area (Å²) in [4.78, 5) is 14.3. The van der Waals surface area contributed by atoms with Crippen LogP contribution in [0, 0.1) is 28.6 Å². The van der Waals surface area contributed by atoms with Crippen LogP contribution in [0.2, 0.25) is 0 Å². The van der Waals surface area contributed by atoms with Crippen molar-refractivity contribution in [2.75, 3.05) is 26.4 Å². The van der Waals surface area contributed by atoms with Crippen LogP contribution in [0.1, 0.15) is 99.8 Å². The molecule has 1 saturated carbocycles. The summed E-state index contributed by atoms with van der Waals surface area (Å²) in [5.41, 5.74) is 2.83. The number of carbonyl (C=O) groups is 1. The molecule has 1 heterocycles. The lowest BCUT2D eigenvalue weighted by Crippen LogP contribution is -2.36. The van der Waals surface area contributed by atoms with E-state index in [2.05, 4.69) is 50.9 Å². The highest BCUT2D eigenvalue weighted by Crippen LogP contribution is 2.50. The van der Waals surface area contributed by atoms with E-state index in [1.807, 2.05) is 26.0 Å². The minimum atomic E-state index is -0.457. The third-order valence-electron chi connectivity index (χ3n) is 9.12. The van der Waals surface area contributed by atoms with E-state index < -0.39 is 18.2 Å². The van der Waals surface area contributed by atoms with Gasteiger partial charge in [0, 0.05) is 38.0 Å². The van der Waals surface area contributed by atoms with Crippen LogP contribution in [0.5, 0.6) is 0 Å². The van der Waals surface area contributed by atoms with E-state index in [4.69, 9.17) is 15.6 Å². The van der Waals surface area contributed by atoms with Crippen molar-refractivity contribution < 1.29 is 19.0 Å². The fourth-order valence-electron chi connectivity index (χ4n) is 6.25. The zero-order valence-corrected chi connectivity index (χ0v) is 27.2. The first-order valence-electron chi connectivity index (χ1n) is 15.9. The normalized spacial score (nSPS) is 24.6. The van der Waals surface area contributed by atoms with E-state index >= 15 is 0 Å². The van der Waals surface area contributed by atoms with Crippen molar-refractivity contribution in [1.29, 1.82) is 10.8 Å². The zero-order valence-electron chi connectivity index (χ0n) is 27.2. The van der Waals surface area contributed by atoms with Crippen molar-refractivity contribution in [3.63, 3.8) is 0 Å². The Morgan fingerprint density at radius 3 is 2.64 bits per heavy atom. The van der Waals surface area contributed by atoms with E-state index in [0.717, 1.165) is 56.9 Å². The van der Waals surface area contributed by atoms with Crippen molar-refractivity contribution in [3.05, 3.63) is 35.1 Å². The molecule has 1 amide bonds. The number of rotatable bonds is 21. The summed E-state index contributed by atoms with van der Waals surface area (Å²) in [5.74, 6) is 1.02. The smallest absolute Gasteiger partial charge is 0.265 e. The topological polar surface area (TPSA) is 109 Å². The highest BCUT2D eigenvalue weighted by molar-refractivity contribution is 6.39. The molecule has 0 bridgehead atoms. The monoisotopic (exact) mass is 588 g/mol. The highest BCUT2D eigenvalue weighted by Gasteiger charge is 2.53. The fraction of sp³-hybridized carbons (Fsp3) is 0.735. The number of hydrogen-bond acceptors (Lipinski definition) is 6. The highest BCUT2D eigenvalue weighted by atomic mass is 19.1. The van der Waals surface area contributed by atoms with Gasteiger partial charge in [-0.25, -0.2) is 4.39 Å². The summed E-state index contributed by atoms with van der Waals surface area (Å²) < 4.78 is 19.8. The number of alkyl halides is 1. The van der Waals surface area contributed by atoms with Crippen molar-refractivity contribution in [3.8, 4) is 0 Å². The number of carbonyl (C=O) groups excluding carboxylic acids is 1. The second-order valence-corrected chi connectivity index (χ2v) is 13.2. The third-order valence-corrected chi connectivity index (χ3v) is 9.12. The summed E-state index contributed by atoms with van der Waals surface area (Å²) in [5, 5.41) is 27.5. The number of aliphatic hydroxyl groups excluding tert-OH is 1. The van der Waals surface area contributed by atoms with Gasteiger partial charge in [-0.05, 0) is 96.5 Å². The number of aliphatic hydroxyl groups is 1. The van der Waals surface area contributed by atoms with Crippen LogP contribution < -0.4 is 5.32 Å². The van der Waals surface area contributed by atoms with Crippen molar-refractivity contribution >= 4 is 17.8 Å². The number of hydrogen-bond donors (Lipinski definition) is 4. The predicted octanol–water partition coefficient (Wildman–Crippen LogP) is 6.77. The molecule has 2 fully saturated rings. The largest absolute Gasteiger partial charge is 0.393 e. The fourth-order valence-corrected chi connectivity index (χ4v) is 6.25. The maximum atomic E-state index is 13.6. The summed E-state index contributed by atoms with van der Waals surface area (Å²) in [6, 6.07) is 0. The Hall–Kier alpha value is -2.32. The van der Waals surface area contributed by atoms with Gasteiger partial charge in [0.25, 0.3) is 5.91 Å². The van der Waals surface area contributed by atoms with Gasteiger partial charge in [-0.15, -0.1) is 0 Å². The molecule has 5 atom stereocenters. The Morgan fingerprint density at radius 1 is 1.31 bits per heavy atom. The van der Waals surface area contributed by atoms with Crippen LogP contribution in [-0.2, 0) is 9.53 Å². The van der Waals surface area contributed by atoms with Gasteiger partial charge in [0.05, 0.1) is 17.2 Å². The Kier molecular flexibility index (Phi) is 14.1. The minimum Gasteiger partial charge on any atom is -0.393 e. The average Bonchev–Trinajstić information content (AvgIpc) is 3.77. The van der Waals surface area contributed by atoms with E-state index in [0.29, 0.717) is 37.3 Å². The lowest BCUT2D eigenvalue weighted by Gasteiger charge is -2.26. The lowest BCUT2D eigenvalue weighted by molar-refractivity contribution is -0.115. The molecule has 0 spiro atoms. The third kappa shape index (κ3) is 10.4. The van der Waals surface area contributed by atoms with E-state index in [9.17, 15) is 14.3 Å². The zero-order chi connectivity index (χ0) is 31.5. The molecule has 8 heteroatoms. The average molecular weight is 589 g/mol. The standard InChI is InChI=1S/C34H57FN4O3/c1-8-25(4)29-27(30(29)40)15-10-9-13-26(23-35)14-11-12-21-39-31(24(2)3)34(39,7)18-22-42-33(5,6)17-20-38-32(41)28(37)16-19-36/h11,13-14,19,25,27,29-30,36-37,40H,8-10,12,15-18,20-23H2,1-7H3,(H,38,41). The second-order valence-electron chi connectivity index (χ2n) is 13.2. The van der Waals surface area contributed by atoms with Gasteiger partial charge in [-0.1, -0.05) is 44.1 Å². The molecule has 0 aromatic heterocycles. The summed E-state index contributed by atoms with van der Waals surface area (Å²) in [6.45, 7) is 16.4. The van der Waals surface area contributed by atoms with Gasteiger partial charge in [0.15, 0.2) is 0 Å². The summed E-state index contributed by atoms with van der Waals surface area (Å²) in [6.07, 6.45) is 13.3. The number of allylic oxidation sites excluding steroid dienone is 4. The molecule has 238 valence electrons. The quantitative estimate of drug-likeness (QED) is 0.0513. The molecule has 5 unspecified atom stereocenters. The van der Waals surface area contributed by atoms with Crippen LogP contribution in [0.3, 0.4) is 0 Å². The molecule has 0 aromatic rings. The van der Waals surface area contributed by atoms with E-state index in [-0.39, 0.29) is 23.8 Å². The molecular weight excluding hydrogens is 531 g/mol. The van der Waals surface area contributed by atoms with E-state index in [1.165, 1.54) is 11.3 Å². The number of amides is 1. The first kappa shape index (κ1) is 35.9. The molecule has 1 aliphatic carbocycles. The first-order chi connectivity index (χ1) is 19.8. The van der Waals surface area contributed by atoms with Crippen LogP contribution in [0.25, 0.3) is 0 Å². The number of nitrogens with one attached hydrogen (secondary N) is 3. The maximum Gasteiger partial charge on any atom is 0.265 e. The predicted molar refractivity (Wildman–Crippen MR) is 171 cm³/mol. The van der Waals surface area contributed by atoms with Crippen LogP contribution in [0.15, 0.2) is 35.1 Å². The lowest BCUT2D eigenvalue weighted by atomic mass is 9.99. The molecule has 1 aliphatic heterocycles. The Bertz CT molecular complexity index is 1020. The van der Waals surface area contributed by atoms with Gasteiger partial charge in [0.2, 0.25) is 0 Å².